The summed E-state index contributed by atoms with van der Waals surface area (Å²) < 4.78 is 12.1. The smallest absolute Gasteiger partial charge is 0.280 e. The van der Waals surface area contributed by atoms with Crippen molar-refractivity contribution in [1.82, 2.24) is 19.5 Å². The van der Waals surface area contributed by atoms with E-state index < -0.39 is 42.5 Å². The van der Waals surface area contributed by atoms with Gasteiger partial charge in [-0.2, -0.15) is 4.98 Å². The Morgan fingerprint density at radius 3 is 2.88 bits per heavy atom. The number of aromatic nitrogens is 4. The van der Waals surface area contributed by atoms with E-state index >= 15 is 0 Å². The van der Waals surface area contributed by atoms with E-state index in [2.05, 4.69) is 15.0 Å². The number of ether oxygens (including phenoxy) is 2. The number of aliphatic hydroxyl groups is 4. The summed E-state index contributed by atoms with van der Waals surface area (Å²) in [6.45, 7) is 0.0195. The van der Waals surface area contributed by atoms with Crippen LogP contribution < -0.4 is 11.3 Å². The van der Waals surface area contributed by atoms with Gasteiger partial charge < -0.3 is 35.6 Å². The normalized spacial score (nSPS) is 32.5. The quantitative estimate of drug-likeness (QED) is 0.298. The monoisotopic (exact) mass is 357 g/mol. The van der Waals surface area contributed by atoms with Crippen LogP contribution in [0.4, 0.5) is 5.95 Å². The summed E-state index contributed by atoms with van der Waals surface area (Å²) in [6.07, 6.45) is -1.66. The number of rotatable bonds is 5. The van der Waals surface area contributed by atoms with Gasteiger partial charge in [0.2, 0.25) is 17.5 Å². The SMILES string of the molecule is C[C@@]1(n2cnc3c(=O)[nH]c(N)nc32)O[C@H](CO)[C@@H](O)[C@]1(O)OCCO. The summed E-state index contributed by atoms with van der Waals surface area (Å²) in [7, 11) is 0. The molecule has 138 valence electrons. The predicted molar refractivity (Wildman–Crippen MR) is 82.2 cm³/mol. The first-order valence-corrected chi connectivity index (χ1v) is 7.45. The topological polar surface area (TPSA) is 189 Å². The Kier molecular flexibility index (Phi) is 4.26. The number of anilines is 1. The molecule has 1 aliphatic rings. The zero-order valence-corrected chi connectivity index (χ0v) is 13.3. The minimum atomic E-state index is -2.37. The number of nitrogens with one attached hydrogen (secondary N) is 1. The molecule has 1 saturated heterocycles. The van der Waals surface area contributed by atoms with Gasteiger partial charge in [0.05, 0.1) is 26.1 Å². The van der Waals surface area contributed by atoms with Crippen molar-refractivity contribution in [2.24, 2.45) is 0 Å². The largest absolute Gasteiger partial charge is 0.394 e. The molecule has 12 heteroatoms. The molecule has 0 aromatic carbocycles. The molecular weight excluding hydrogens is 338 g/mol. The number of nitrogens with two attached hydrogens (primary N) is 1. The van der Waals surface area contributed by atoms with E-state index in [1.165, 1.54) is 17.8 Å². The van der Waals surface area contributed by atoms with E-state index in [0.29, 0.717) is 0 Å². The van der Waals surface area contributed by atoms with Crippen LogP contribution in [0.2, 0.25) is 0 Å². The van der Waals surface area contributed by atoms with E-state index in [-0.39, 0.29) is 23.7 Å². The van der Waals surface area contributed by atoms with Crippen molar-refractivity contribution in [3.05, 3.63) is 16.7 Å². The average Bonchev–Trinajstić information content (AvgIpc) is 3.07. The molecule has 12 nitrogen and oxygen atoms in total. The lowest BCUT2D eigenvalue weighted by atomic mass is 9.99. The number of nitrogens with zero attached hydrogens (tertiary/aromatic N) is 3. The number of hydrogen-bond donors (Lipinski definition) is 6. The molecule has 1 aliphatic heterocycles. The van der Waals surface area contributed by atoms with E-state index in [1.54, 1.807) is 0 Å². The summed E-state index contributed by atoms with van der Waals surface area (Å²) in [5.41, 5.74) is 3.06. The minimum absolute atomic E-state index is 0.0134. The lowest BCUT2D eigenvalue weighted by Crippen LogP contribution is -2.58. The summed E-state index contributed by atoms with van der Waals surface area (Å²) in [4.78, 5) is 22.2. The van der Waals surface area contributed by atoms with Gasteiger partial charge in [-0.15, -0.1) is 0 Å². The fourth-order valence-electron chi connectivity index (χ4n) is 3.00. The van der Waals surface area contributed by atoms with Gasteiger partial charge in [-0.1, -0.05) is 0 Å². The Balaban J connectivity index is 2.20. The highest BCUT2D eigenvalue weighted by atomic mass is 16.7. The Labute approximate surface area is 140 Å². The number of imidazole rings is 1. The van der Waals surface area contributed by atoms with Crippen LogP contribution in [-0.2, 0) is 15.2 Å². The standard InChI is InChI=1S/C13H19N5O7/c1-12(13(23,24-3-2-19)8(21)6(4-20)25-12)18-5-15-7-9(18)16-11(14)17-10(7)22/h5-6,8,19-21,23H,2-4H2,1H3,(H3,14,16,17,22)/t6-,8-,12-,13+/m1/s1. The van der Waals surface area contributed by atoms with Crippen LogP contribution in [0, 0.1) is 0 Å². The van der Waals surface area contributed by atoms with Crippen LogP contribution in [0.3, 0.4) is 0 Å². The third-order valence-electron chi connectivity index (χ3n) is 4.28. The first-order valence-electron chi connectivity index (χ1n) is 7.45. The van der Waals surface area contributed by atoms with Crippen molar-refractivity contribution in [2.75, 3.05) is 25.6 Å². The summed E-state index contributed by atoms with van der Waals surface area (Å²) >= 11 is 0. The second kappa shape index (κ2) is 6.01. The molecule has 0 radical (unpaired) electrons. The molecule has 0 saturated carbocycles. The second-order valence-corrected chi connectivity index (χ2v) is 5.77. The maximum absolute atomic E-state index is 11.9. The number of H-pyrrole nitrogens is 1. The fraction of sp³-hybridized carbons (Fsp3) is 0.615. The molecule has 0 aliphatic carbocycles. The van der Waals surface area contributed by atoms with E-state index in [4.69, 9.17) is 20.3 Å². The molecule has 25 heavy (non-hydrogen) atoms. The second-order valence-electron chi connectivity index (χ2n) is 5.77. The number of nitrogen functional groups attached to an aromatic ring is 1. The van der Waals surface area contributed by atoms with E-state index in [9.17, 15) is 20.1 Å². The summed E-state index contributed by atoms with van der Waals surface area (Å²) in [5, 5.41) is 39.7. The van der Waals surface area contributed by atoms with Crippen molar-refractivity contribution >= 4 is 17.1 Å². The molecular formula is C13H19N5O7. The molecule has 7 N–H and O–H groups in total. The Morgan fingerprint density at radius 1 is 1.52 bits per heavy atom. The van der Waals surface area contributed by atoms with Crippen molar-refractivity contribution in [2.45, 2.75) is 30.6 Å². The van der Waals surface area contributed by atoms with Gasteiger partial charge in [0.15, 0.2) is 11.2 Å². The number of fused-ring (bicyclic) bond motifs is 1. The lowest BCUT2D eigenvalue weighted by Gasteiger charge is -2.39. The van der Waals surface area contributed by atoms with Gasteiger partial charge in [0.25, 0.3) is 5.56 Å². The Hall–Kier alpha value is -2.09. The molecule has 1 fully saturated rings. The maximum atomic E-state index is 11.9. The number of aromatic amines is 1. The predicted octanol–water partition coefficient (Wildman–Crippen LogP) is -3.18. The van der Waals surface area contributed by atoms with Gasteiger partial charge >= 0.3 is 0 Å². The van der Waals surface area contributed by atoms with Crippen molar-refractivity contribution in [1.29, 1.82) is 0 Å². The molecule has 3 heterocycles. The van der Waals surface area contributed by atoms with Gasteiger partial charge in [-0.3, -0.25) is 14.3 Å². The Morgan fingerprint density at radius 2 is 2.24 bits per heavy atom. The molecule has 2 aromatic heterocycles. The van der Waals surface area contributed by atoms with Crippen molar-refractivity contribution in [3.63, 3.8) is 0 Å². The van der Waals surface area contributed by atoms with Crippen LogP contribution in [-0.4, -0.2) is 77.8 Å². The van der Waals surface area contributed by atoms with Gasteiger partial charge in [0.1, 0.15) is 12.2 Å². The molecule has 4 atom stereocenters. The van der Waals surface area contributed by atoms with Gasteiger partial charge in [0, 0.05) is 0 Å². The third-order valence-corrected chi connectivity index (χ3v) is 4.28. The van der Waals surface area contributed by atoms with Crippen LogP contribution in [0.15, 0.2) is 11.1 Å². The number of hydrogen-bond acceptors (Lipinski definition) is 10. The highest BCUT2D eigenvalue weighted by molar-refractivity contribution is 5.70. The summed E-state index contributed by atoms with van der Waals surface area (Å²) in [6, 6.07) is 0. The van der Waals surface area contributed by atoms with Crippen LogP contribution in [0.5, 0.6) is 0 Å². The molecule has 0 unspecified atom stereocenters. The van der Waals surface area contributed by atoms with Gasteiger partial charge in [-0.25, -0.2) is 4.98 Å². The number of aliphatic hydroxyl groups excluding tert-OH is 3. The van der Waals surface area contributed by atoms with E-state index in [0.717, 1.165) is 0 Å². The van der Waals surface area contributed by atoms with E-state index in [1.807, 2.05) is 0 Å². The molecule has 0 spiro atoms. The molecule has 0 amide bonds. The average molecular weight is 357 g/mol. The summed E-state index contributed by atoms with van der Waals surface area (Å²) in [5.74, 6) is -2.55. The zero-order valence-electron chi connectivity index (χ0n) is 13.3. The van der Waals surface area contributed by atoms with Crippen LogP contribution in [0.1, 0.15) is 6.92 Å². The molecule has 3 rings (SSSR count). The first-order chi connectivity index (χ1) is 11.8. The maximum Gasteiger partial charge on any atom is 0.280 e. The first kappa shape index (κ1) is 17.7. The lowest BCUT2D eigenvalue weighted by molar-refractivity contribution is -0.317. The molecule has 0 bridgehead atoms. The van der Waals surface area contributed by atoms with Gasteiger partial charge in [-0.05, 0) is 6.92 Å². The van der Waals surface area contributed by atoms with Crippen LogP contribution >= 0.6 is 0 Å². The van der Waals surface area contributed by atoms with Crippen LogP contribution in [0.25, 0.3) is 11.2 Å². The zero-order chi connectivity index (χ0) is 18.4. The third kappa shape index (κ3) is 2.42. The fourth-order valence-corrected chi connectivity index (χ4v) is 3.00. The Bertz CT molecular complexity index is 838. The molecule has 2 aromatic rings. The highest BCUT2D eigenvalue weighted by Gasteiger charge is 2.65. The highest BCUT2D eigenvalue weighted by Crippen LogP contribution is 2.45. The van der Waals surface area contributed by atoms with Crippen molar-refractivity contribution < 1.29 is 29.9 Å². The van der Waals surface area contributed by atoms with Crippen molar-refractivity contribution in [3.8, 4) is 0 Å². The minimum Gasteiger partial charge on any atom is -0.394 e.